The predicted octanol–water partition coefficient (Wildman–Crippen LogP) is 4.76. The molecule has 1 aromatic heterocycles. The Morgan fingerprint density at radius 2 is 1.79 bits per heavy atom. The Kier molecular flexibility index (Phi) is 6.20. The first kappa shape index (κ1) is 22.4. The minimum Gasteiger partial charge on any atom is -0.344 e. The van der Waals surface area contributed by atoms with Crippen LogP contribution in [0, 0.1) is 12.8 Å². The van der Waals surface area contributed by atoms with E-state index in [0.717, 1.165) is 29.2 Å². The Morgan fingerprint density at radius 1 is 1.09 bits per heavy atom. The Balaban J connectivity index is 1.46. The lowest BCUT2D eigenvalue weighted by atomic mass is 9.87. The number of hydrogen-bond acceptors (Lipinski definition) is 3. The fourth-order valence-electron chi connectivity index (χ4n) is 5.21. The quantitative estimate of drug-likeness (QED) is 0.586. The van der Waals surface area contributed by atoms with Gasteiger partial charge in [0.2, 0.25) is 5.91 Å². The van der Waals surface area contributed by atoms with Crippen molar-refractivity contribution in [2.75, 3.05) is 0 Å². The fraction of sp³-hybridized carbons (Fsp3) is 0.310. The molecule has 3 unspecified atom stereocenters. The van der Waals surface area contributed by atoms with Crippen molar-refractivity contribution in [3.05, 3.63) is 113 Å². The minimum atomic E-state index is -0.600. The number of nitrogens with one attached hydrogen (secondary N) is 1. The Hall–Kier alpha value is -3.44. The van der Waals surface area contributed by atoms with Gasteiger partial charge in [-0.2, -0.15) is 0 Å². The summed E-state index contributed by atoms with van der Waals surface area (Å²) in [5, 5.41) is 0. The van der Waals surface area contributed by atoms with Gasteiger partial charge in [0.25, 0.3) is 0 Å². The Bertz CT molecular complexity index is 1230. The van der Waals surface area contributed by atoms with Crippen LogP contribution in [0.1, 0.15) is 52.8 Å². The van der Waals surface area contributed by atoms with Crippen LogP contribution in [0.5, 0.6) is 0 Å². The molecule has 5 nitrogen and oxygen atoms in total. The van der Waals surface area contributed by atoms with Crippen molar-refractivity contribution in [3.63, 3.8) is 0 Å². The van der Waals surface area contributed by atoms with Crippen LogP contribution in [0.25, 0.3) is 0 Å². The molecule has 5 heteroatoms. The monoisotopic (exact) mass is 452 g/mol. The summed E-state index contributed by atoms with van der Waals surface area (Å²) in [7, 11) is 0. The second-order valence-corrected chi connectivity index (χ2v) is 9.54. The number of benzene rings is 2. The Morgan fingerprint density at radius 3 is 2.56 bits per heavy atom. The molecule has 174 valence electrons. The molecule has 2 aliphatic rings. The topological polar surface area (TPSA) is 75.0 Å². The van der Waals surface area contributed by atoms with Crippen LogP contribution in [0.3, 0.4) is 0 Å². The van der Waals surface area contributed by atoms with Crippen molar-refractivity contribution in [1.82, 2.24) is 14.9 Å². The van der Waals surface area contributed by atoms with Crippen LogP contribution >= 0.6 is 0 Å². The molecule has 2 aromatic carbocycles. The maximum atomic E-state index is 13.7. The van der Waals surface area contributed by atoms with Gasteiger partial charge in [0.15, 0.2) is 0 Å². The largest absolute Gasteiger partial charge is 0.344 e. The zero-order chi connectivity index (χ0) is 23.7. The van der Waals surface area contributed by atoms with E-state index in [2.05, 4.69) is 61.3 Å². The molecule has 3 aromatic rings. The van der Waals surface area contributed by atoms with E-state index in [1.807, 2.05) is 41.3 Å². The third kappa shape index (κ3) is 4.36. The molecule has 1 amide bonds. The number of H-pyrrole nitrogens is 1. The first-order chi connectivity index (χ1) is 16.5. The minimum absolute atomic E-state index is 0.0344. The average molecular weight is 453 g/mol. The molecule has 0 fully saturated rings. The number of nitrogens with two attached hydrogens (primary N) is 1. The fourth-order valence-corrected chi connectivity index (χ4v) is 5.21. The molecule has 0 bridgehead atoms. The van der Waals surface area contributed by atoms with E-state index >= 15 is 0 Å². The molecule has 0 saturated heterocycles. The van der Waals surface area contributed by atoms with Crippen LogP contribution in [-0.2, 0) is 24.2 Å². The number of fused-ring (bicyclic) bond motifs is 1. The van der Waals surface area contributed by atoms with Gasteiger partial charge >= 0.3 is 0 Å². The number of aryl methyl sites for hydroxylation is 1. The van der Waals surface area contributed by atoms with Gasteiger partial charge in [0.05, 0.1) is 17.8 Å². The van der Waals surface area contributed by atoms with E-state index in [0.29, 0.717) is 18.9 Å². The maximum Gasteiger partial charge on any atom is 0.240 e. The van der Waals surface area contributed by atoms with Crippen molar-refractivity contribution >= 4 is 5.91 Å². The second-order valence-electron chi connectivity index (χ2n) is 9.54. The van der Waals surface area contributed by atoms with Crippen molar-refractivity contribution in [1.29, 1.82) is 0 Å². The molecule has 0 spiro atoms. The van der Waals surface area contributed by atoms with E-state index in [-0.39, 0.29) is 17.9 Å². The molecule has 5 rings (SSSR count). The number of aromatic amines is 1. The van der Waals surface area contributed by atoms with Gasteiger partial charge in [-0.25, -0.2) is 4.98 Å². The zero-order valence-electron chi connectivity index (χ0n) is 19.8. The highest BCUT2D eigenvalue weighted by molar-refractivity contribution is 5.82. The lowest BCUT2D eigenvalue weighted by Crippen LogP contribution is -2.48. The summed E-state index contributed by atoms with van der Waals surface area (Å²) in [6, 6.07) is 17.6. The molecular weight excluding hydrogens is 420 g/mol. The maximum absolute atomic E-state index is 13.7. The van der Waals surface area contributed by atoms with Gasteiger partial charge in [-0.05, 0) is 36.0 Å². The lowest BCUT2D eigenvalue weighted by molar-refractivity contribution is -0.136. The van der Waals surface area contributed by atoms with Crippen LogP contribution < -0.4 is 5.73 Å². The van der Waals surface area contributed by atoms with Gasteiger partial charge in [0, 0.05) is 24.6 Å². The van der Waals surface area contributed by atoms with Gasteiger partial charge in [0.1, 0.15) is 5.82 Å². The normalized spacial score (nSPS) is 22.4. The van der Waals surface area contributed by atoms with Crippen LogP contribution in [-0.4, -0.2) is 26.8 Å². The second kappa shape index (κ2) is 9.43. The summed E-state index contributed by atoms with van der Waals surface area (Å²) < 4.78 is 0. The summed E-state index contributed by atoms with van der Waals surface area (Å²) in [5.74, 6) is 1.42. The SMILES string of the molecule is Cc1[nH]c(C2Cc3ccccc3CN2C(=O)[C@@H](N)Cc2ccccc2)nc1C1C=CC=CC1C. The third-order valence-electron chi connectivity index (χ3n) is 7.13. The molecule has 3 N–H and O–H groups in total. The van der Waals surface area contributed by atoms with Crippen LogP contribution in [0.15, 0.2) is 78.9 Å². The molecule has 2 heterocycles. The number of allylic oxidation sites excluding steroid dienone is 4. The highest BCUT2D eigenvalue weighted by Gasteiger charge is 2.36. The van der Waals surface area contributed by atoms with E-state index in [1.54, 1.807) is 0 Å². The first-order valence-corrected chi connectivity index (χ1v) is 12.1. The molecule has 4 atom stereocenters. The number of amides is 1. The van der Waals surface area contributed by atoms with Gasteiger partial charge in [-0.15, -0.1) is 0 Å². The smallest absolute Gasteiger partial charge is 0.240 e. The third-order valence-corrected chi connectivity index (χ3v) is 7.13. The van der Waals surface area contributed by atoms with Crippen molar-refractivity contribution in [2.24, 2.45) is 11.7 Å². The van der Waals surface area contributed by atoms with Crippen LogP contribution in [0.4, 0.5) is 0 Å². The number of nitrogens with zero attached hydrogens (tertiary/aromatic N) is 2. The van der Waals surface area contributed by atoms with Crippen molar-refractivity contribution in [2.45, 2.75) is 51.2 Å². The van der Waals surface area contributed by atoms with Gasteiger partial charge in [-0.1, -0.05) is 85.8 Å². The summed E-state index contributed by atoms with van der Waals surface area (Å²) in [6.07, 6.45) is 9.86. The predicted molar refractivity (Wildman–Crippen MR) is 135 cm³/mol. The lowest BCUT2D eigenvalue weighted by Gasteiger charge is -2.37. The molecule has 1 aliphatic carbocycles. The molecule has 0 saturated carbocycles. The van der Waals surface area contributed by atoms with E-state index in [4.69, 9.17) is 10.7 Å². The Labute approximate surface area is 201 Å². The summed E-state index contributed by atoms with van der Waals surface area (Å²) in [5.41, 5.74) is 12.1. The molecule has 1 aliphatic heterocycles. The number of rotatable bonds is 5. The first-order valence-electron chi connectivity index (χ1n) is 12.1. The van der Waals surface area contributed by atoms with Crippen LogP contribution in [0.2, 0.25) is 0 Å². The van der Waals surface area contributed by atoms with Crippen molar-refractivity contribution < 1.29 is 4.79 Å². The van der Waals surface area contributed by atoms with E-state index < -0.39 is 6.04 Å². The number of carbonyl (C=O) groups excluding carboxylic acids is 1. The van der Waals surface area contributed by atoms with Crippen molar-refractivity contribution in [3.8, 4) is 0 Å². The van der Waals surface area contributed by atoms with E-state index in [1.165, 1.54) is 11.1 Å². The number of carbonyl (C=O) groups is 1. The van der Waals surface area contributed by atoms with Gasteiger partial charge < -0.3 is 15.6 Å². The highest BCUT2D eigenvalue weighted by Crippen LogP contribution is 2.36. The summed E-state index contributed by atoms with van der Waals surface area (Å²) in [4.78, 5) is 24.2. The molecule has 34 heavy (non-hydrogen) atoms. The summed E-state index contributed by atoms with van der Waals surface area (Å²) in [6.45, 7) is 4.84. The molecular formula is C29H32N4O. The molecule has 0 radical (unpaired) electrons. The van der Waals surface area contributed by atoms with E-state index in [9.17, 15) is 4.79 Å². The number of imidazole rings is 1. The summed E-state index contributed by atoms with van der Waals surface area (Å²) >= 11 is 0. The number of aromatic nitrogens is 2. The van der Waals surface area contributed by atoms with Gasteiger partial charge in [-0.3, -0.25) is 4.79 Å². The standard InChI is InChI=1S/C29H32N4O/c1-19-10-6-9-15-24(19)27-20(2)31-28(32-27)26-17-22-13-7-8-14-23(22)18-33(26)29(34)25(30)16-21-11-4-3-5-12-21/h3-15,19,24-26H,16-18,30H2,1-2H3,(H,31,32)/t19?,24?,25-,26?/m0/s1. The number of hydrogen-bond donors (Lipinski definition) is 2. The average Bonchev–Trinajstić information content (AvgIpc) is 3.24. The highest BCUT2D eigenvalue weighted by atomic mass is 16.2. The zero-order valence-corrected chi connectivity index (χ0v) is 19.8.